The molecule has 1 aliphatic carbocycles. The molecule has 0 saturated heterocycles. The third-order valence-corrected chi connectivity index (χ3v) is 4.11. The Morgan fingerprint density at radius 2 is 2.05 bits per heavy atom. The molecule has 0 aliphatic heterocycles. The van der Waals surface area contributed by atoms with Crippen molar-refractivity contribution >= 4 is 0 Å². The summed E-state index contributed by atoms with van der Waals surface area (Å²) in [4.78, 5) is 2.48. The number of hydrogen-bond acceptors (Lipinski definition) is 3. The first-order valence-corrected chi connectivity index (χ1v) is 7.13. The number of hydrogen-bond donors (Lipinski definition) is 0. The average Bonchev–Trinajstić information content (AvgIpc) is 2.45. The molecule has 2 rings (SSSR count). The van der Waals surface area contributed by atoms with Crippen molar-refractivity contribution < 1.29 is 9.47 Å². The van der Waals surface area contributed by atoms with Crippen LogP contribution in [0.2, 0.25) is 0 Å². The van der Waals surface area contributed by atoms with Crippen LogP contribution in [0.15, 0.2) is 12.1 Å². The van der Waals surface area contributed by atoms with Crippen LogP contribution in [-0.2, 0) is 12.8 Å². The lowest BCUT2D eigenvalue weighted by molar-refractivity contribution is 0.221. The molecule has 1 aromatic carbocycles. The van der Waals surface area contributed by atoms with E-state index in [1.807, 2.05) is 6.07 Å². The predicted octanol–water partition coefficient (Wildman–Crippen LogP) is 2.90. The van der Waals surface area contributed by atoms with Crippen molar-refractivity contribution in [1.82, 2.24) is 4.90 Å². The van der Waals surface area contributed by atoms with Crippen LogP contribution in [0, 0.1) is 0 Å². The maximum absolute atomic E-state index is 5.50. The normalized spacial score (nSPS) is 18.3. The molecule has 0 radical (unpaired) electrons. The highest BCUT2D eigenvalue weighted by Gasteiger charge is 2.24. The molecule has 0 fully saturated rings. The maximum Gasteiger partial charge on any atom is 0.126 e. The van der Waals surface area contributed by atoms with Crippen LogP contribution in [0.4, 0.5) is 0 Å². The summed E-state index contributed by atoms with van der Waals surface area (Å²) in [5.74, 6) is 1.88. The molecule has 0 N–H and O–H groups in total. The Labute approximate surface area is 116 Å². The van der Waals surface area contributed by atoms with Gasteiger partial charge in [0.1, 0.15) is 11.5 Å². The zero-order valence-electron chi connectivity index (χ0n) is 12.5. The second-order valence-electron chi connectivity index (χ2n) is 5.34. The van der Waals surface area contributed by atoms with Gasteiger partial charge in [0.25, 0.3) is 0 Å². The third-order valence-electron chi connectivity index (χ3n) is 4.11. The summed E-state index contributed by atoms with van der Waals surface area (Å²) in [5.41, 5.74) is 2.75. The molecule has 1 aliphatic rings. The van der Waals surface area contributed by atoms with Crippen molar-refractivity contribution in [2.75, 3.05) is 27.8 Å². The fourth-order valence-corrected chi connectivity index (χ4v) is 3.02. The fraction of sp³-hybridized carbons (Fsp3) is 0.625. The number of ether oxygens (including phenoxy) is 2. The number of rotatable bonds is 5. The van der Waals surface area contributed by atoms with Gasteiger partial charge in [0.15, 0.2) is 0 Å². The summed E-state index contributed by atoms with van der Waals surface area (Å²) in [7, 11) is 5.69. The summed E-state index contributed by atoms with van der Waals surface area (Å²) in [6.45, 7) is 3.40. The van der Waals surface area contributed by atoms with Gasteiger partial charge in [0, 0.05) is 12.1 Å². The molecule has 19 heavy (non-hydrogen) atoms. The fourth-order valence-electron chi connectivity index (χ4n) is 3.02. The van der Waals surface area contributed by atoms with Crippen molar-refractivity contribution in [3.05, 3.63) is 23.3 Å². The van der Waals surface area contributed by atoms with Crippen LogP contribution >= 0.6 is 0 Å². The summed E-state index contributed by atoms with van der Waals surface area (Å²) in [6, 6.07) is 4.81. The SMILES string of the molecule is CCCN(C)[C@@H]1CCc2c(cc(OC)cc2OC)C1. The van der Waals surface area contributed by atoms with Gasteiger partial charge < -0.3 is 14.4 Å². The minimum Gasteiger partial charge on any atom is -0.497 e. The molecule has 0 unspecified atom stereocenters. The Kier molecular flexibility index (Phi) is 4.70. The lowest BCUT2D eigenvalue weighted by Crippen LogP contribution is -2.37. The molecule has 106 valence electrons. The number of fused-ring (bicyclic) bond motifs is 1. The van der Waals surface area contributed by atoms with Gasteiger partial charge in [-0.05, 0) is 56.5 Å². The second kappa shape index (κ2) is 6.29. The third kappa shape index (κ3) is 3.03. The van der Waals surface area contributed by atoms with E-state index in [0.717, 1.165) is 24.3 Å². The molecule has 0 amide bonds. The zero-order chi connectivity index (χ0) is 13.8. The summed E-state index contributed by atoms with van der Waals surface area (Å²) in [5, 5.41) is 0. The van der Waals surface area contributed by atoms with Crippen LogP contribution in [0.3, 0.4) is 0 Å². The van der Waals surface area contributed by atoms with Crippen molar-refractivity contribution in [2.24, 2.45) is 0 Å². The Bertz CT molecular complexity index is 431. The van der Waals surface area contributed by atoms with Gasteiger partial charge >= 0.3 is 0 Å². The number of benzene rings is 1. The molecule has 0 spiro atoms. The molecule has 0 aromatic heterocycles. The molecular weight excluding hydrogens is 238 g/mol. The maximum atomic E-state index is 5.50. The van der Waals surface area contributed by atoms with E-state index in [-0.39, 0.29) is 0 Å². The first kappa shape index (κ1) is 14.2. The molecule has 0 saturated carbocycles. The zero-order valence-corrected chi connectivity index (χ0v) is 12.5. The molecule has 0 heterocycles. The largest absolute Gasteiger partial charge is 0.497 e. The monoisotopic (exact) mass is 263 g/mol. The van der Waals surface area contributed by atoms with Gasteiger partial charge in [-0.2, -0.15) is 0 Å². The topological polar surface area (TPSA) is 21.7 Å². The summed E-state index contributed by atoms with van der Waals surface area (Å²) >= 11 is 0. The Hall–Kier alpha value is -1.22. The molecule has 3 heteroatoms. The molecule has 3 nitrogen and oxygen atoms in total. The van der Waals surface area contributed by atoms with Crippen LogP contribution in [-0.4, -0.2) is 38.8 Å². The van der Waals surface area contributed by atoms with Crippen molar-refractivity contribution in [3.63, 3.8) is 0 Å². The van der Waals surface area contributed by atoms with E-state index < -0.39 is 0 Å². The number of nitrogens with zero attached hydrogens (tertiary/aromatic N) is 1. The van der Waals surface area contributed by atoms with Gasteiger partial charge in [-0.25, -0.2) is 0 Å². The molecule has 1 atom stereocenters. The van der Waals surface area contributed by atoms with E-state index in [0.29, 0.717) is 6.04 Å². The van der Waals surface area contributed by atoms with Gasteiger partial charge in [-0.3, -0.25) is 0 Å². The van der Waals surface area contributed by atoms with E-state index in [2.05, 4.69) is 24.9 Å². The molecular formula is C16H25NO2. The number of likely N-dealkylation sites (N-methyl/N-ethyl adjacent to an activating group) is 1. The van der Waals surface area contributed by atoms with Crippen molar-refractivity contribution in [3.8, 4) is 11.5 Å². The lowest BCUT2D eigenvalue weighted by Gasteiger charge is -2.33. The summed E-state index contributed by atoms with van der Waals surface area (Å²) < 4.78 is 10.9. The minimum absolute atomic E-state index is 0.643. The molecule has 1 aromatic rings. The lowest BCUT2D eigenvalue weighted by atomic mass is 9.86. The van der Waals surface area contributed by atoms with Gasteiger partial charge in [-0.15, -0.1) is 0 Å². The van der Waals surface area contributed by atoms with Crippen molar-refractivity contribution in [1.29, 1.82) is 0 Å². The minimum atomic E-state index is 0.643. The average molecular weight is 263 g/mol. The van der Waals surface area contributed by atoms with Gasteiger partial charge in [-0.1, -0.05) is 6.92 Å². The Morgan fingerprint density at radius 3 is 2.68 bits per heavy atom. The van der Waals surface area contributed by atoms with Gasteiger partial charge in [0.05, 0.1) is 14.2 Å². The standard InChI is InChI=1S/C16H25NO2/c1-5-8-17(2)13-6-7-15-12(9-13)10-14(18-3)11-16(15)19-4/h10-11,13H,5-9H2,1-4H3/t13-/m1/s1. The molecule has 0 bridgehead atoms. The highest BCUT2D eigenvalue weighted by molar-refractivity contribution is 5.48. The van der Waals surface area contributed by atoms with E-state index in [9.17, 15) is 0 Å². The van der Waals surface area contributed by atoms with Crippen LogP contribution < -0.4 is 9.47 Å². The Balaban J connectivity index is 2.23. The second-order valence-corrected chi connectivity index (χ2v) is 5.34. The quantitative estimate of drug-likeness (QED) is 0.815. The van der Waals surface area contributed by atoms with E-state index in [1.54, 1.807) is 14.2 Å². The van der Waals surface area contributed by atoms with E-state index in [1.165, 1.54) is 30.5 Å². The van der Waals surface area contributed by atoms with E-state index in [4.69, 9.17) is 9.47 Å². The van der Waals surface area contributed by atoms with Crippen LogP contribution in [0.1, 0.15) is 30.9 Å². The number of methoxy groups -OCH3 is 2. The Morgan fingerprint density at radius 1 is 1.26 bits per heavy atom. The van der Waals surface area contributed by atoms with E-state index >= 15 is 0 Å². The first-order chi connectivity index (χ1) is 9.19. The van der Waals surface area contributed by atoms with Gasteiger partial charge in [0.2, 0.25) is 0 Å². The highest BCUT2D eigenvalue weighted by atomic mass is 16.5. The van der Waals surface area contributed by atoms with Crippen molar-refractivity contribution in [2.45, 2.75) is 38.6 Å². The highest BCUT2D eigenvalue weighted by Crippen LogP contribution is 2.35. The first-order valence-electron chi connectivity index (χ1n) is 7.13. The smallest absolute Gasteiger partial charge is 0.126 e. The summed E-state index contributed by atoms with van der Waals surface area (Å²) in [6.07, 6.45) is 4.62. The van der Waals surface area contributed by atoms with Crippen LogP contribution in [0.25, 0.3) is 0 Å². The predicted molar refractivity (Wildman–Crippen MR) is 78.3 cm³/mol. The van der Waals surface area contributed by atoms with Crippen LogP contribution in [0.5, 0.6) is 11.5 Å².